The molecule has 5 rings (SSSR count). The maximum Gasteiger partial charge on any atom is 0.387 e. The van der Waals surface area contributed by atoms with Gasteiger partial charge in [0.1, 0.15) is 39.6 Å². The molecule has 0 spiro atoms. The summed E-state index contributed by atoms with van der Waals surface area (Å²) in [5.41, 5.74) is 0. The van der Waals surface area contributed by atoms with Crippen molar-refractivity contribution in [3.8, 4) is 0 Å². The summed E-state index contributed by atoms with van der Waals surface area (Å²) in [5.74, 6) is -2.27. The maximum absolute atomic E-state index is 11.1. The summed E-state index contributed by atoms with van der Waals surface area (Å²) in [7, 11) is 15.8. The van der Waals surface area contributed by atoms with Gasteiger partial charge in [0.05, 0.1) is 19.8 Å². The van der Waals surface area contributed by atoms with Gasteiger partial charge in [-0.1, -0.05) is 6.42 Å². The van der Waals surface area contributed by atoms with Gasteiger partial charge < -0.3 is 86.7 Å². The van der Waals surface area contributed by atoms with Crippen LogP contribution in [0.5, 0.6) is 0 Å². The van der Waals surface area contributed by atoms with Crippen molar-refractivity contribution >= 4 is 35.6 Å². The number of Topliss-reactive ketones (excluding diaryl/α,β-unsaturated/α-hetero) is 1. The van der Waals surface area contributed by atoms with Crippen molar-refractivity contribution in [2.75, 3.05) is 273 Å². The second-order valence-electron chi connectivity index (χ2n) is 21.1. The number of hydrogen-bond acceptors (Lipinski definition) is 22. The number of likely N-dealkylation sites (tertiary alicyclic amines) is 2. The van der Waals surface area contributed by atoms with E-state index in [4.69, 9.17) is 72.6 Å². The third-order valence-electron chi connectivity index (χ3n) is 12.8. The molecule has 28 heteroatoms. The highest BCUT2D eigenvalue weighted by Gasteiger charge is 2.32. The highest BCUT2D eigenvalue weighted by molar-refractivity contribution is 5.83. The van der Waals surface area contributed by atoms with Gasteiger partial charge >= 0.3 is 62.6 Å². The topological polar surface area (TPSA) is 222 Å². The van der Waals surface area contributed by atoms with E-state index in [2.05, 4.69) is 63.4 Å². The SMILES string of the molecule is [C-]#[N+]CC(=O)COCC1CN2CCN1CC2.[C-]#[N+]CC(=O)OCCN(C)C.[C-]#[N+]CC(=O)OCCN(C)CCN(C)C.[C-]#[N+]CC(=O)OCCN(C)CCOCCN(C)C.[C-]#[N+]CC(=O)OCCN1CCCC1.[C-]#[N+]CC(=O)OCCN1CCCCC1. The fourth-order valence-electron chi connectivity index (χ4n) is 7.78. The maximum atomic E-state index is 11.1. The second kappa shape index (κ2) is 57.3. The molecular weight excluding hydrogens is 1130 g/mol. The predicted molar refractivity (Wildman–Crippen MR) is 329 cm³/mol. The number of carbonyl (C=O) groups is 6. The van der Waals surface area contributed by atoms with Crippen LogP contribution >= 0.6 is 0 Å². The minimum absolute atomic E-state index is 0.0551. The third kappa shape index (κ3) is 54.6. The number of carbonyl (C=O) groups excluding carboxylic acids is 6. The van der Waals surface area contributed by atoms with Gasteiger partial charge in [0.2, 0.25) is 5.78 Å². The molecule has 87 heavy (non-hydrogen) atoms. The summed E-state index contributed by atoms with van der Waals surface area (Å²) in [6.45, 7) is 59.3. The molecule has 5 aliphatic rings. The molecule has 2 bridgehead atoms. The number of piperidine rings is 1. The standard InChI is InChI=1S/C12H23N3O3.C11H17N3O2.C10H19N3O2.C10H16N2O2.C9H14N2O2.C7H12N2O2/c1-13-11-12(16)18-10-7-15(4)6-9-17-8-5-14(2)3;1-12-6-11(15)9-16-8-10-7-13-2-4-14(10)5-3-13;1-11-9-10(14)15-8-7-13(4)6-5-12(2)3;1-11-9-10(13)14-8-7-12-5-3-2-4-6-12;1-10-8-9(12)13-7-6-11-4-2-3-5-11;1-8-6-7(10)11-5-4-9(2)3/h5-11H2,2-4H3;10H,2-9H2;5-9H2,2-4H3;2-9H2;2-8H2;4-6H2,2-3H3. The van der Waals surface area contributed by atoms with Crippen LogP contribution in [0.25, 0.3) is 29.1 Å². The molecule has 0 amide bonds. The number of nitrogens with zero attached hydrogens (tertiary/aromatic N) is 15. The largest absolute Gasteiger partial charge is 0.459 e. The smallest absolute Gasteiger partial charge is 0.387 e. The quantitative estimate of drug-likeness (QED) is 0.0378. The number of ketones is 1. The Hall–Kier alpha value is -6.48. The van der Waals surface area contributed by atoms with Crippen molar-refractivity contribution in [3.63, 3.8) is 0 Å². The van der Waals surface area contributed by atoms with E-state index >= 15 is 0 Å². The Morgan fingerprint density at radius 3 is 1.11 bits per heavy atom. The van der Waals surface area contributed by atoms with Crippen LogP contribution in [0.2, 0.25) is 0 Å². The first-order valence-electron chi connectivity index (χ1n) is 29.4. The minimum Gasteiger partial charge on any atom is -0.459 e. The van der Waals surface area contributed by atoms with Gasteiger partial charge in [-0.2, -0.15) is 0 Å². The van der Waals surface area contributed by atoms with Gasteiger partial charge in [0, 0.05) is 97.7 Å². The van der Waals surface area contributed by atoms with Crippen LogP contribution in [0.15, 0.2) is 0 Å². The van der Waals surface area contributed by atoms with E-state index < -0.39 is 29.8 Å². The lowest BCUT2D eigenvalue weighted by Crippen LogP contribution is -2.62. The van der Waals surface area contributed by atoms with Gasteiger partial charge in [-0.3, -0.25) is 24.4 Å². The van der Waals surface area contributed by atoms with Gasteiger partial charge in [-0.15, -0.1) is 0 Å². The molecule has 1 unspecified atom stereocenters. The van der Waals surface area contributed by atoms with Crippen LogP contribution in [0.4, 0.5) is 0 Å². The summed E-state index contributed by atoms with van der Waals surface area (Å²) in [6.07, 6.45) is 6.30. The summed E-state index contributed by atoms with van der Waals surface area (Å²) in [5, 5.41) is 0. The van der Waals surface area contributed by atoms with Gasteiger partial charge in [0.25, 0.3) is 6.54 Å². The first-order chi connectivity index (χ1) is 41.7. The lowest BCUT2D eigenvalue weighted by atomic mass is 10.1. The molecule has 0 aromatic rings. The summed E-state index contributed by atoms with van der Waals surface area (Å²) < 4.78 is 35.0. The fraction of sp³-hybridized carbons (Fsp3) is 0.797. The van der Waals surface area contributed by atoms with Crippen LogP contribution in [-0.4, -0.2) is 359 Å². The summed E-state index contributed by atoms with van der Waals surface area (Å²) >= 11 is 0. The number of ether oxygens (including phenoxy) is 7. The van der Waals surface area contributed by atoms with Crippen molar-refractivity contribution in [3.05, 3.63) is 68.5 Å². The fourth-order valence-corrected chi connectivity index (χ4v) is 7.78. The van der Waals surface area contributed by atoms with E-state index in [0.29, 0.717) is 71.9 Å². The number of piperazine rings is 3. The van der Waals surface area contributed by atoms with Crippen molar-refractivity contribution in [1.29, 1.82) is 0 Å². The zero-order valence-corrected chi connectivity index (χ0v) is 53.5. The second-order valence-corrected chi connectivity index (χ2v) is 21.1. The van der Waals surface area contributed by atoms with E-state index in [0.717, 1.165) is 105 Å². The number of hydrogen-bond donors (Lipinski definition) is 0. The molecule has 0 N–H and O–H groups in total. The number of fused-ring (bicyclic) bond motifs is 3. The molecule has 5 aliphatic heterocycles. The van der Waals surface area contributed by atoms with Crippen molar-refractivity contribution in [2.24, 2.45) is 0 Å². The van der Waals surface area contributed by atoms with Gasteiger partial charge in [-0.25, -0.2) is 63.4 Å². The zero-order chi connectivity index (χ0) is 65.3. The highest BCUT2D eigenvalue weighted by atomic mass is 16.5. The Bertz CT molecular complexity index is 2120. The molecule has 490 valence electrons. The monoisotopic (exact) mass is 1230 g/mol. The Labute approximate surface area is 519 Å². The Morgan fingerprint density at radius 2 is 0.736 bits per heavy atom. The highest BCUT2D eigenvalue weighted by Crippen LogP contribution is 2.15. The van der Waals surface area contributed by atoms with Crippen LogP contribution in [0, 0.1) is 39.4 Å². The van der Waals surface area contributed by atoms with Crippen LogP contribution < -0.4 is 0 Å². The van der Waals surface area contributed by atoms with Crippen LogP contribution in [0.3, 0.4) is 0 Å². The van der Waals surface area contributed by atoms with Crippen molar-refractivity contribution < 1.29 is 61.9 Å². The summed E-state index contributed by atoms with van der Waals surface area (Å²) in [4.78, 5) is 102. The van der Waals surface area contributed by atoms with Crippen LogP contribution in [0.1, 0.15) is 32.1 Å². The Kier molecular flexibility index (Phi) is 54.4. The molecule has 5 heterocycles. The lowest BCUT2D eigenvalue weighted by Gasteiger charge is -2.47. The molecular formula is C59H101N15O13. The van der Waals surface area contributed by atoms with Crippen LogP contribution in [-0.2, 0) is 61.9 Å². The van der Waals surface area contributed by atoms with E-state index in [1.54, 1.807) is 0 Å². The lowest BCUT2D eigenvalue weighted by molar-refractivity contribution is -0.142. The van der Waals surface area contributed by atoms with Gasteiger partial charge in [0.15, 0.2) is 0 Å². The molecule has 0 saturated carbocycles. The first-order valence-corrected chi connectivity index (χ1v) is 29.4. The molecule has 0 radical (unpaired) electrons. The number of likely N-dealkylation sites (N-methyl/N-ethyl adjacent to an activating group) is 5. The number of esters is 5. The van der Waals surface area contributed by atoms with E-state index in [1.165, 1.54) is 32.1 Å². The Morgan fingerprint density at radius 1 is 0.391 bits per heavy atom. The average Bonchev–Trinajstić information content (AvgIpc) is 2.85. The molecule has 28 nitrogen and oxygen atoms in total. The zero-order valence-electron chi connectivity index (χ0n) is 53.5. The molecule has 0 aliphatic carbocycles. The number of rotatable bonds is 34. The van der Waals surface area contributed by atoms with Crippen molar-refractivity contribution in [1.82, 2.24) is 44.1 Å². The van der Waals surface area contributed by atoms with Gasteiger partial charge in [-0.05, 0) is 108 Å². The van der Waals surface area contributed by atoms with E-state index in [9.17, 15) is 28.8 Å². The molecule has 5 fully saturated rings. The Balaban J connectivity index is 0. The van der Waals surface area contributed by atoms with E-state index in [1.807, 2.05) is 66.2 Å². The average molecular weight is 1230 g/mol. The molecule has 5 saturated heterocycles. The predicted octanol–water partition coefficient (Wildman–Crippen LogP) is 0.882. The minimum atomic E-state index is -0.458. The molecule has 0 aromatic carbocycles. The normalized spacial score (nSPS) is 16.4. The molecule has 0 aromatic heterocycles. The van der Waals surface area contributed by atoms with Crippen molar-refractivity contribution in [2.45, 2.75) is 38.1 Å². The molecule has 1 atom stereocenters. The first kappa shape index (κ1) is 82.6. The van der Waals surface area contributed by atoms with E-state index in [-0.39, 0.29) is 51.7 Å². The summed E-state index contributed by atoms with van der Waals surface area (Å²) in [6, 6.07) is 0.434. The third-order valence-corrected chi connectivity index (χ3v) is 12.8.